The van der Waals surface area contributed by atoms with Crippen molar-refractivity contribution in [1.29, 1.82) is 0 Å². The molecule has 4 nitrogen and oxygen atoms in total. The zero-order valence-electron chi connectivity index (χ0n) is 11.8. The highest BCUT2D eigenvalue weighted by atomic mass is 16.5. The van der Waals surface area contributed by atoms with Gasteiger partial charge in [0.05, 0.1) is 12.7 Å². The predicted octanol–water partition coefficient (Wildman–Crippen LogP) is 2.02. The van der Waals surface area contributed by atoms with Crippen LogP contribution in [0.5, 0.6) is 0 Å². The van der Waals surface area contributed by atoms with Gasteiger partial charge in [0, 0.05) is 19.1 Å². The molecule has 4 heteroatoms. The smallest absolute Gasteiger partial charge is 0.326 e. The van der Waals surface area contributed by atoms with Crippen molar-refractivity contribution in [3.63, 3.8) is 0 Å². The topological polar surface area (TPSA) is 47.6 Å². The van der Waals surface area contributed by atoms with Gasteiger partial charge in [0.2, 0.25) is 0 Å². The highest BCUT2D eigenvalue weighted by Crippen LogP contribution is 2.38. The first kappa shape index (κ1) is 13.4. The zero-order chi connectivity index (χ0) is 13.3. The van der Waals surface area contributed by atoms with Crippen molar-refractivity contribution < 1.29 is 14.3 Å². The summed E-state index contributed by atoms with van der Waals surface area (Å²) in [4.78, 5) is 12.3. The Morgan fingerprint density at radius 1 is 1.26 bits per heavy atom. The minimum atomic E-state index is -0.467. The summed E-state index contributed by atoms with van der Waals surface area (Å²) in [5.74, 6) is 0.716. The van der Waals surface area contributed by atoms with Crippen LogP contribution in [-0.2, 0) is 14.3 Å². The fourth-order valence-electron chi connectivity index (χ4n) is 2.96. The third-order valence-electron chi connectivity index (χ3n) is 4.46. The molecule has 0 aromatic heterocycles. The molecule has 0 saturated heterocycles. The van der Waals surface area contributed by atoms with Crippen LogP contribution in [0.1, 0.15) is 51.9 Å². The molecule has 1 N–H and O–H groups in total. The lowest BCUT2D eigenvalue weighted by Crippen LogP contribution is -2.52. The quantitative estimate of drug-likeness (QED) is 0.717. The molecule has 2 unspecified atom stereocenters. The molecule has 0 amide bonds. The second kappa shape index (κ2) is 5.41. The van der Waals surface area contributed by atoms with E-state index in [-0.39, 0.29) is 12.1 Å². The first-order valence-electron chi connectivity index (χ1n) is 7.78. The Kier molecular flexibility index (Phi) is 3.81. The third-order valence-corrected chi connectivity index (χ3v) is 4.46. The lowest BCUT2D eigenvalue weighted by atomic mass is 9.97. The molecular weight excluding hydrogens is 242 g/mol. The standard InChI is InChI=1S/C15H25NO3/c1-2-18-14(17)15(16-12-5-6-12)8-7-13(9-15)19-10-11-3-4-11/h11-13,16H,2-10H2,1H3. The second-order valence-electron chi connectivity index (χ2n) is 6.36. The van der Waals surface area contributed by atoms with E-state index in [9.17, 15) is 4.79 Å². The van der Waals surface area contributed by atoms with E-state index >= 15 is 0 Å². The Labute approximate surface area is 115 Å². The van der Waals surface area contributed by atoms with Crippen LogP contribution in [0.3, 0.4) is 0 Å². The highest BCUT2D eigenvalue weighted by molar-refractivity contribution is 5.81. The number of hydrogen-bond donors (Lipinski definition) is 1. The summed E-state index contributed by atoms with van der Waals surface area (Å²) in [6.45, 7) is 3.21. The Bertz CT molecular complexity index is 338. The van der Waals surface area contributed by atoms with E-state index < -0.39 is 5.54 Å². The summed E-state index contributed by atoms with van der Waals surface area (Å²) in [5.41, 5.74) is -0.467. The van der Waals surface area contributed by atoms with Gasteiger partial charge in [-0.3, -0.25) is 10.1 Å². The predicted molar refractivity (Wildman–Crippen MR) is 71.8 cm³/mol. The summed E-state index contributed by atoms with van der Waals surface area (Å²) < 4.78 is 11.3. The average Bonchev–Trinajstić information content (AvgIpc) is 3.29. The number of carbonyl (C=O) groups is 1. The lowest BCUT2D eigenvalue weighted by Gasteiger charge is -2.28. The van der Waals surface area contributed by atoms with Gasteiger partial charge in [0.25, 0.3) is 0 Å². The molecule has 3 aliphatic rings. The summed E-state index contributed by atoms with van der Waals surface area (Å²) in [6.07, 6.45) is 7.87. The lowest BCUT2D eigenvalue weighted by molar-refractivity contribution is -0.151. The van der Waals surface area contributed by atoms with E-state index in [4.69, 9.17) is 9.47 Å². The first-order valence-corrected chi connectivity index (χ1v) is 7.78. The highest BCUT2D eigenvalue weighted by Gasteiger charge is 2.49. The van der Waals surface area contributed by atoms with Crippen LogP contribution in [0, 0.1) is 5.92 Å². The molecule has 0 heterocycles. The fraction of sp³-hybridized carbons (Fsp3) is 0.933. The zero-order valence-corrected chi connectivity index (χ0v) is 11.8. The van der Waals surface area contributed by atoms with Crippen molar-refractivity contribution in [2.45, 2.75) is 69.6 Å². The Morgan fingerprint density at radius 3 is 2.68 bits per heavy atom. The summed E-state index contributed by atoms with van der Waals surface area (Å²) in [7, 11) is 0. The van der Waals surface area contributed by atoms with Crippen LogP contribution in [0.2, 0.25) is 0 Å². The van der Waals surface area contributed by atoms with Gasteiger partial charge in [-0.25, -0.2) is 0 Å². The molecule has 0 radical (unpaired) electrons. The normalized spacial score (nSPS) is 34.5. The van der Waals surface area contributed by atoms with Gasteiger partial charge in [-0.15, -0.1) is 0 Å². The molecule has 2 atom stereocenters. The van der Waals surface area contributed by atoms with Crippen molar-refractivity contribution in [3.8, 4) is 0 Å². The molecule has 3 saturated carbocycles. The van der Waals surface area contributed by atoms with E-state index in [0.29, 0.717) is 12.6 Å². The Hall–Kier alpha value is -0.610. The number of carbonyl (C=O) groups excluding carboxylic acids is 1. The summed E-state index contributed by atoms with van der Waals surface area (Å²) in [6, 6.07) is 0.520. The monoisotopic (exact) mass is 267 g/mol. The van der Waals surface area contributed by atoms with Crippen LogP contribution in [0.25, 0.3) is 0 Å². The Balaban J connectivity index is 1.57. The molecule has 0 aliphatic heterocycles. The maximum absolute atomic E-state index is 12.3. The first-order chi connectivity index (χ1) is 9.22. The summed E-state index contributed by atoms with van der Waals surface area (Å²) >= 11 is 0. The number of hydrogen-bond acceptors (Lipinski definition) is 4. The van der Waals surface area contributed by atoms with Crippen molar-refractivity contribution in [1.82, 2.24) is 5.32 Å². The van der Waals surface area contributed by atoms with E-state index in [1.165, 1.54) is 25.7 Å². The molecule has 108 valence electrons. The van der Waals surface area contributed by atoms with Crippen LogP contribution in [0.15, 0.2) is 0 Å². The number of esters is 1. The van der Waals surface area contributed by atoms with E-state index in [1.807, 2.05) is 6.92 Å². The van der Waals surface area contributed by atoms with Crippen molar-refractivity contribution in [2.75, 3.05) is 13.2 Å². The van der Waals surface area contributed by atoms with Gasteiger partial charge in [-0.05, 0) is 51.4 Å². The van der Waals surface area contributed by atoms with Gasteiger partial charge >= 0.3 is 5.97 Å². The number of rotatable bonds is 7. The average molecular weight is 267 g/mol. The van der Waals surface area contributed by atoms with Crippen LogP contribution in [0.4, 0.5) is 0 Å². The molecule has 0 bridgehead atoms. The van der Waals surface area contributed by atoms with E-state index in [1.54, 1.807) is 0 Å². The van der Waals surface area contributed by atoms with Gasteiger partial charge in [0.15, 0.2) is 0 Å². The maximum Gasteiger partial charge on any atom is 0.326 e. The van der Waals surface area contributed by atoms with Crippen LogP contribution >= 0.6 is 0 Å². The maximum atomic E-state index is 12.3. The molecule has 0 aromatic rings. The minimum absolute atomic E-state index is 0.0700. The van der Waals surface area contributed by atoms with Crippen molar-refractivity contribution in [2.24, 2.45) is 5.92 Å². The second-order valence-corrected chi connectivity index (χ2v) is 6.36. The number of ether oxygens (including phenoxy) is 2. The third kappa shape index (κ3) is 3.29. The minimum Gasteiger partial charge on any atom is -0.465 e. The van der Waals surface area contributed by atoms with Crippen molar-refractivity contribution in [3.05, 3.63) is 0 Å². The van der Waals surface area contributed by atoms with Gasteiger partial charge < -0.3 is 9.47 Å². The molecule has 3 fully saturated rings. The Morgan fingerprint density at radius 2 is 2.05 bits per heavy atom. The van der Waals surface area contributed by atoms with Gasteiger partial charge in [-0.2, -0.15) is 0 Å². The van der Waals surface area contributed by atoms with E-state index in [2.05, 4.69) is 5.32 Å². The number of nitrogens with one attached hydrogen (secondary N) is 1. The van der Waals surface area contributed by atoms with Crippen molar-refractivity contribution >= 4 is 5.97 Å². The fourth-order valence-corrected chi connectivity index (χ4v) is 2.96. The molecule has 3 rings (SSSR count). The molecule has 0 spiro atoms. The largest absolute Gasteiger partial charge is 0.465 e. The molecule has 0 aromatic carbocycles. The van der Waals surface area contributed by atoms with Crippen LogP contribution in [-0.4, -0.2) is 36.9 Å². The summed E-state index contributed by atoms with van der Waals surface area (Å²) in [5, 5.41) is 3.53. The SMILES string of the molecule is CCOC(=O)C1(NC2CC2)CCC(OCC2CC2)C1. The van der Waals surface area contributed by atoms with Gasteiger partial charge in [-0.1, -0.05) is 0 Å². The van der Waals surface area contributed by atoms with Crippen LogP contribution < -0.4 is 5.32 Å². The van der Waals surface area contributed by atoms with E-state index in [0.717, 1.165) is 31.8 Å². The molecule has 3 aliphatic carbocycles. The molecular formula is C15H25NO3. The van der Waals surface area contributed by atoms with Gasteiger partial charge in [0.1, 0.15) is 5.54 Å². The molecule has 19 heavy (non-hydrogen) atoms.